The van der Waals surface area contributed by atoms with E-state index in [2.05, 4.69) is 86.7 Å². The van der Waals surface area contributed by atoms with E-state index >= 15 is 0 Å². The van der Waals surface area contributed by atoms with Gasteiger partial charge in [0, 0.05) is 74.7 Å². The van der Waals surface area contributed by atoms with E-state index in [1.54, 1.807) is 35.4 Å². The Hall–Kier alpha value is -12.3. The molecule has 21 nitrogen and oxygen atoms in total. The molecule has 630 valence electrons. The Morgan fingerprint density at radius 1 is 0.314 bits per heavy atom. The molecule has 0 radical (unpaired) electrons. The van der Waals surface area contributed by atoms with Crippen LogP contribution < -0.4 is 28.4 Å². The molecule has 4 aliphatic rings. The van der Waals surface area contributed by atoms with Gasteiger partial charge in [-0.3, -0.25) is 28.8 Å². The van der Waals surface area contributed by atoms with Gasteiger partial charge in [-0.2, -0.15) is 0 Å². The lowest BCUT2D eigenvalue weighted by molar-refractivity contribution is -0.152. The van der Waals surface area contributed by atoms with Crippen molar-refractivity contribution in [1.82, 2.24) is 0 Å². The Labute approximate surface area is 706 Å². The van der Waals surface area contributed by atoms with Crippen molar-refractivity contribution in [2.24, 2.45) is 0 Å². The number of carbonyl (C=O) groups is 6. The molecule has 14 rings (SSSR count). The summed E-state index contributed by atoms with van der Waals surface area (Å²) in [5.74, 6) is 1.96. The topological polar surface area (TPSA) is 241 Å². The average molecular weight is 1640 g/mol. The minimum absolute atomic E-state index is 0.00159. The van der Waals surface area contributed by atoms with Crippen molar-refractivity contribution in [3.8, 4) is 56.8 Å². The Morgan fingerprint density at radius 3 is 0.975 bits per heavy atom. The van der Waals surface area contributed by atoms with Crippen LogP contribution >= 0.6 is 0 Å². The number of fused-ring (bicyclic) bond motifs is 16. The van der Waals surface area contributed by atoms with Gasteiger partial charge >= 0.3 is 35.8 Å². The number of benzene rings is 10. The van der Waals surface area contributed by atoms with E-state index in [4.69, 9.17) is 71.1 Å². The van der Waals surface area contributed by atoms with Gasteiger partial charge in [0.15, 0.2) is 11.2 Å². The van der Waals surface area contributed by atoms with Gasteiger partial charge < -0.3 is 71.1 Å². The molecule has 2 unspecified atom stereocenters. The predicted octanol–water partition coefficient (Wildman–Crippen LogP) is 18.9. The number of unbranched alkanes of at least 4 members (excludes halogenated alkanes) is 4. The van der Waals surface area contributed by atoms with Crippen LogP contribution in [-0.4, -0.2) is 130 Å². The minimum atomic E-state index is -0.993. The van der Waals surface area contributed by atoms with Gasteiger partial charge in [0.2, 0.25) is 0 Å². The number of hydrogen-bond acceptors (Lipinski definition) is 21. The summed E-state index contributed by atoms with van der Waals surface area (Å²) >= 11 is 0. The van der Waals surface area contributed by atoms with E-state index in [1.807, 2.05) is 153 Å². The molecule has 0 fully saturated rings. The molecule has 121 heavy (non-hydrogen) atoms. The lowest BCUT2D eigenvalue weighted by Crippen LogP contribution is -2.35. The molecule has 0 saturated carbocycles. The SMILES string of the molecule is CCOC(=O)CCCCCOC(=O)CCC(=O)OCCOC1(C)c2ccccc2-c2c1c1c(c3ccccc23)OC(c2ccc(OC)cc2)(c2ccc(OC)cc2)C=C1.CCOCCOC(=O)CCCCCOC(=O)CCC(=O)OCCOC1(C)c2ccccc2-c2c1c1c(c3ccccc23)OC(c2ccc(OC)cc2)(c2ccc(OC)cc2)C=C1. The standard InChI is InChI=1S/C51H54O11.C49H50O10/c1-5-57-31-32-59-44(52)17-7-6-12-30-58-45(53)26-27-46(54)60-33-34-61-50(2)43-16-11-10-15-41(43)47-39-13-8-9-14-40(39)49-42(48(47)50)28-29-51(62-49,35-18-22-37(55-3)23-19-35)36-20-24-38(56-4)25-21-36;1-5-55-42(50)17-7-6-12-30-56-43(51)26-27-44(52)57-31-32-58-48(2)41-16-11-10-15-39(41)45-37-13-8-9-14-38(37)47-40(46(45)48)28-29-49(59-47,33-18-22-35(53-3)23-19-33)34-20-24-36(54-4)25-21-34/h8-11,13-16,18-25,28-29H,5-7,12,17,26-27,30-34H2,1-4H3;8-11,13-16,18-25,28-29H,5-7,12,17,26-27,30-32H2,1-4H3. The predicted molar refractivity (Wildman–Crippen MR) is 460 cm³/mol. The minimum Gasteiger partial charge on any atom is -0.497 e. The smallest absolute Gasteiger partial charge is 0.306 e. The van der Waals surface area contributed by atoms with Crippen molar-refractivity contribution in [3.63, 3.8) is 0 Å². The van der Waals surface area contributed by atoms with Crippen molar-refractivity contribution in [2.75, 3.05) is 94.5 Å². The summed E-state index contributed by atoms with van der Waals surface area (Å²) in [6, 6.07) is 64.8. The number of methoxy groups -OCH3 is 4. The van der Waals surface area contributed by atoms with Crippen LogP contribution in [-0.2, 0) is 93.8 Å². The van der Waals surface area contributed by atoms with Gasteiger partial charge in [-0.15, -0.1) is 0 Å². The van der Waals surface area contributed by atoms with Crippen molar-refractivity contribution < 1.29 is 99.8 Å². The molecule has 2 atom stereocenters. The molecule has 10 aromatic rings. The van der Waals surface area contributed by atoms with E-state index in [9.17, 15) is 28.8 Å². The molecular formula is C100H104O21. The molecule has 0 bridgehead atoms. The maximum atomic E-state index is 12.7. The van der Waals surface area contributed by atoms with Crippen LogP contribution in [0.4, 0.5) is 0 Å². The quantitative estimate of drug-likeness (QED) is 0.0197. The molecule has 21 heteroatoms. The molecular weight excluding hydrogens is 1540 g/mol. The maximum absolute atomic E-state index is 12.7. The number of rotatable bonds is 39. The summed E-state index contributed by atoms with van der Waals surface area (Å²) in [6.07, 6.45) is 12.8. The first-order valence-electron chi connectivity index (χ1n) is 41.5. The van der Waals surface area contributed by atoms with Crippen LogP contribution in [0.1, 0.15) is 160 Å². The second-order valence-electron chi connectivity index (χ2n) is 29.9. The summed E-state index contributed by atoms with van der Waals surface area (Å²) in [6.45, 7) is 10.0. The lowest BCUT2D eigenvalue weighted by Gasteiger charge is -2.39. The lowest BCUT2D eigenvalue weighted by atomic mass is 9.80. The first-order valence-corrected chi connectivity index (χ1v) is 41.5. The van der Waals surface area contributed by atoms with Gasteiger partial charge in [-0.05, 0) is 171 Å². The van der Waals surface area contributed by atoms with Crippen LogP contribution in [0, 0.1) is 0 Å². The number of carbonyl (C=O) groups excluding carboxylic acids is 6. The molecule has 0 spiro atoms. The monoisotopic (exact) mass is 1640 g/mol. The van der Waals surface area contributed by atoms with E-state index in [0.717, 1.165) is 140 Å². The third-order valence-corrected chi connectivity index (χ3v) is 22.5. The summed E-state index contributed by atoms with van der Waals surface area (Å²) in [5.41, 5.74) is 9.86. The number of esters is 6. The fraction of sp³-hybridized carbons (Fsp3) is 0.340. The molecule has 0 N–H and O–H groups in total. The Morgan fingerprint density at radius 2 is 0.628 bits per heavy atom. The first kappa shape index (κ1) is 86.5. The number of hydrogen-bond donors (Lipinski definition) is 0. The van der Waals surface area contributed by atoms with Crippen LogP contribution in [0.2, 0.25) is 0 Å². The Bertz CT molecular complexity index is 5280. The summed E-state index contributed by atoms with van der Waals surface area (Å²) in [4.78, 5) is 73.3. The van der Waals surface area contributed by atoms with E-state index < -0.39 is 46.3 Å². The number of ether oxygens (including phenoxy) is 15. The average Bonchev–Trinajstić information content (AvgIpc) is 1.55. The van der Waals surface area contributed by atoms with Crippen molar-refractivity contribution in [3.05, 3.63) is 262 Å². The van der Waals surface area contributed by atoms with Crippen molar-refractivity contribution >= 4 is 69.5 Å². The maximum Gasteiger partial charge on any atom is 0.306 e. The fourth-order valence-corrected chi connectivity index (χ4v) is 16.5. The highest BCUT2D eigenvalue weighted by atomic mass is 16.6. The van der Waals surface area contributed by atoms with Crippen LogP contribution in [0.25, 0.3) is 56.0 Å². The third kappa shape index (κ3) is 19.1. The summed E-state index contributed by atoms with van der Waals surface area (Å²) in [7, 11) is 6.60. The zero-order chi connectivity index (χ0) is 84.9. The second-order valence-corrected chi connectivity index (χ2v) is 29.9. The summed E-state index contributed by atoms with van der Waals surface area (Å²) < 4.78 is 87.3. The largest absolute Gasteiger partial charge is 0.497 e. The highest BCUT2D eigenvalue weighted by molar-refractivity contribution is 6.10. The fourth-order valence-electron chi connectivity index (χ4n) is 16.5. The van der Waals surface area contributed by atoms with Crippen LogP contribution in [0.5, 0.6) is 34.5 Å². The Balaban J connectivity index is 0.000000209. The molecule has 0 saturated heterocycles. The van der Waals surface area contributed by atoms with Gasteiger partial charge in [0.05, 0.1) is 93.8 Å². The van der Waals surface area contributed by atoms with Gasteiger partial charge in [0.25, 0.3) is 0 Å². The third-order valence-electron chi connectivity index (χ3n) is 22.5. The first-order chi connectivity index (χ1) is 58.9. The molecule has 2 aliphatic heterocycles. The Kier molecular flexibility index (Phi) is 28.7. The highest BCUT2D eigenvalue weighted by Crippen LogP contribution is 2.61. The van der Waals surface area contributed by atoms with Gasteiger partial charge in [-0.25, -0.2) is 0 Å². The molecule has 0 amide bonds. The second kappa shape index (κ2) is 40.2. The summed E-state index contributed by atoms with van der Waals surface area (Å²) in [5, 5.41) is 4.00. The van der Waals surface area contributed by atoms with Gasteiger partial charge in [-0.1, -0.05) is 158 Å². The van der Waals surface area contributed by atoms with Crippen LogP contribution in [0.3, 0.4) is 0 Å². The normalized spacial score (nSPS) is 15.6. The van der Waals surface area contributed by atoms with Crippen LogP contribution in [0.15, 0.2) is 206 Å². The van der Waals surface area contributed by atoms with E-state index in [0.29, 0.717) is 64.8 Å². The molecule has 10 aromatic carbocycles. The van der Waals surface area contributed by atoms with Crippen molar-refractivity contribution in [2.45, 2.75) is 127 Å². The molecule has 0 aromatic heterocycles. The zero-order valence-electron chi connectivity index (χ0n) is 69.9. The van der Waals surface area contributed by atoms with Crippen molar-refractivity contribution in [1.29, 1.82) is 0 Å². The highest BCUT2D eigenvalue weighted by Gasteiger charge is 2.50. The van der Waals surface area contributed by atoms with E-state index in [1.165, 1.54) is 0 Å². The molecule has 2 heterocycles. The van der Waals surface area contributed by atoms with Gasteiger partial charge in [0.1, 0.15) is 65.5 Å². The molecule has 2 aliphatic carbocycles. The zero-order valence-corrected chi connectivity index (χ0v) is 69.9. The van der Waals surface area contributed by atoms with E-state index in [-0.39, 0.29) is 83.9 Å².